The number of likely N-dealkylation sites (N-methyl/N-ethyl adjacent to an activating group) is 1. The Morgan fingerprint density at radius 2 is 2.06 bits per heavy atom. The maximum absolute atomic E-state index is 13.3. The topological polar surface area (TPSA) is 75.4 Å². The summed E-state index contributed by atoms with van der Waals surface area (Å²) in [5.41, 5.74) is 5.46. The Kier molecular flexibility index (Phi) is 4.03. The number of carbonyl (C=O) groups excluding carboxylic acids is 2. The van der Waals surface area contributed by atoms with Crippen molar-refractivity contribution in [3.63, 3.8) is 0 Å². The first-order valence-electron chi connectivity index (χ1n) is 4.95. The molecule has 0 aliphatic carbocycles. The maximum atomic E-state index is 13.3. The van der Waals surface area contributed by atoms with E-state index in [0.717, 1.165) is 6.07 Å². The third kappa shape index (κ3) is 3.44. The van der Waals surface area contributed by atoms with Gasteiger partial charge in [0.1, 0.15) is 5.82 Å². The van der Waals surface area contributed by atoms with Crippen molar-refractivity contribution >= 4 is 17.5 Å². The van der Waals surface area contributed by atoms with E-state index < -0.39 is 11.7 Å². The minimum atomic E-state index is -0.709. The van der Waals surface area contributed by atoms with Crippen LogP contribution in [0.4, 0.5) is 10.1 Å². The fourth-order valence-electron chi connectivity index (χ4n) is 1.12. The van der Waals surface area contributed by atoms with Crippen molar-refractivity contribution in [2.45, 2.75) is 0 Å². The lowest BCUT2D eigenvalue weighted by atomic mass is 10.2. The molecule has 0 aliphatic heterocycles. The summed E-state index contributed by atoms with van der Waals surface area (Å²) < 4.78 is 13.3. The monoisotopic (exact) mass is 239 g/mol. The summed E-state index contributed by atoms with van der Waals surface area (Å²) in [4.78, 5) is 24.1. The molecule has 0 aromatic heterocycles. The number of nitrogens with two attached hydrogens (primary N) is 1. The van der Waals surface area contributed by atoms with Crippen LogP contribution >= 0.6 is 0 Å². The molecule has 5 nitrogen and oxygen atoms in total. The van der Waals surface area contributed by atoms with Gasteiger partial charge in [0, 0.05) is 19.8 Å². The van der Waals surface area contributed by atoms with Gasteiger partial charge in [0.15, 0.2) is 0 Å². The molecule has 1 aromatic rings. The Morgan fingerprint density at radius 3 is 2.59 bits per heavy atom. The minimum absolute atomic E-state index is 0.134. The molecule has 0 heterocycles. The number of anilines is 1. The zero-order valence-corrected chi connectivity index (χ0v) is 9.66. The zero-order chi connectivity index (χ0) is 13.0. The first kappa shape index (κ1) is 13.0. The molecule has 0 saturated heterocycles. The first-order valence-corrected chi connectivity index (χ1v) is 4.95. The molecule has 0 fully saturated rings. The Bertz CT molecular complexity index is 446. The second-order valence-electron chi connectivity index (χ2n) is 3.71. The van der Waals surface area contributed by atoms with Crippen LogP contribution in [0.15, 0.2) is 18.2 Å². The van der Waals surface area contributed by atoms with Gasteiger partial charge < -0.3 is 16.0 Å². The number of hydrogen-bond donors (Lipinski definition) is 2. The highest BCUT2D eigenvalue weighted by atomic mass is 19.1. The van der Waals surface area contributed by atoms with Gasteiger partial charge in [0.25, 0.3) is 5.91 Å². The lowest BCUT2D eigenvalue weighted by Crippen LogP contribution is -2.36. The number of nitrogens with zero attached hydrogens (tertiary/aromatic N) is 1. The van der Waals surface area contributed by atoms with Crippen LogP contribution in [-0.2, 0) is 4.79 Å². The van der Waals surface area contributed by atoms with Gasteiger partial charge in [0.2, 0.25) is 5.91 Å². The molecule has 0 radical (unpaired) electrons. The number of nitrogen functional groups attached to an aromatic ring is 1. The number of halogens is 1. The van der Waals surface area contributed by atoms with Gasteiger partial charge in [-0.1, -0.05) is 0 Å². The highest BCUT2D eigenvalue weighted by molar-refractivity contribution is 5.96. The standard InChI is InChI=1S/C11H14FN3O2/c1-15(2)10(16)6-14-11(17)8-4-3-7(13)5-9(8)12/h3-5H,6,13H2,1-2H3,(H,14,17). The molecule has 6 heteroatoms. The molecule has 2 amide bonds. The third-order valence-electron chi connectivity index (χ3n) is 2.14. The largest absolute Gasteiger partial charge is 0.399 e. The van der Waals surface area contributed by atoms with Gasteiger partial charge in [-0.25, -0.2) is 4.39 Å². The average molecular weight is 239 g/mol. The predicted octanol–water partition coefficient (Wildman–Crippen LogP) is 0.226. The lowest BCUT2D eigenvalue weighted by molar-refractivity contribution is -0.127. The number of carbonyl (C=O) groups is 2. The predicted molar refractivity (Wildman–Crippen MR) is 61.8 cm³/mol. The molecule has 92 valence electrons. The number of hydrogen-bond acceptors (Lipinski definition) is 3. The van der Waals surface area contributed by atoms with Crippen molar-refractivity contribution in [3.05, 3.63) is 29.6 Å². The molecule has 17 heavy (non-hydrogen) atoms. The average Bonchev–Trinajstić information content (AvgIpc) is 2.25. The molecule has 0 atom stereocenters. The normalized spacial score (nSPS) is 9.82. The van der Waals surface area contributed by atoms with Crippen LogP contribution in [-0.4, -0.2) is 37.4 Å². The van der Waals surface area contributed by atoms with Gasteiger partial charge in [-0.05, 0) is 18.2 Å². The van der Waals surface area contributed by atoms with E-state index in [1.165, 1.54) is 17.0 Å². The van der Waals surface area contributed by atoms with Crippen LogP contribution in [0.1, 0.15) is 10.4 Å². The van der Waals surface area contributed by atoms with E-state index in [1.807, 2.05) is 0 Å². The second-order valence-corrected chi connectivity index (χ2v) is 3.71. The molecule has 0 aliphatic rings. The summed E-state index contributed by atoms with van der Waals surface area (Å²) >= 11 is 0. The van der Waals surface area contributed by atoms with Crippen LogP contribution in [0.3, 0.4) is 0 Å². The Hall–Kier alpha value is -2.11. The van der Waals surface area contributed by atoms with Gasteiger partial charge in [0.05, 0.1) is 12.1 Å². The summed E-state index contributed by atoms with van der Waals surface area (Å²) in [6.07, 6.45) is 0. The maximum Gasteiger partial charge on any atom is 0.254 e. The second kappa shape index (κ2) is 5.29. The number of rotatable bonds is 3. The number of amides is 2. The molecule has 1 rings (SSSR count). The smallest absolute Gasteiger partial charge is 0.254 e. The lowest BCUT2D eigenvalue weighted by Gasteiger charge is -2.11. The van der Waals surface area contributed by atoms with E-state index in [0.29, 0.717) is 0 Å². The van der Waals surface area contributed by atoms with Gasteiger partial charge in [-0.2, -0.15) is 0 Å². The summed E-state index contributed by atoms with van der Waals surface area (Å²) in [6.45, 7) is -0.171. The van der Waals surface area contributed by atoms with E-state index in [1.54, 1.807) is 14.1 Å². The van der Waals surface area contributed by atoms with Crippen LogP contribution in [0.5, 0.6) is 0 Å². The van der Waals surface area contributed by atoms with E-state index in [-0.39, 0.29) is 23.7 Å². The highest BCUT2D eigenvalue weighted by Gasteiger charge is 2.13. The van der Waals surface area contributed by atoms with Crippen molar-refractivity contribution in [1.82, 2.24) is 10.2 Å². The van der Waals surface area contributed by atoms with E-state index in [4.69, 9.17) is 5.73 Å². The van der Waals surface area contributed by atoms with Gasteiger partial charge >= 0.3 is 0 Å². The minimum Gasteiger partial charge on any atom is -0.399 e. The van der Waals surface area contributed by atoms with Crippen LogP contribution in [0, 0.1) is 5.82 Å². The fraction of sp³-hybridized carbons (Fsp3) is 0.273. The summed E-state index contributed by atoms with van der Waals surface area (Å²) in [5, 5.41) is 2.33. The quantitative estimate of drug-likeness (QED) is 0.741. The molecular formula is C11H14FN3O2. The zero-order valence-electron chi connectivity index (χ0n) is 9.66. The van der Waals surface area contributed by atoms with E-state index in [2.05, 4.69) is 5.32 Å². The Morgan fingerprint density at radius 1 is 1.41 bits per heavy atom. The van der Waals surface area contributed by atoms with Crippen LogP contribution in [0.25, 0.3) is 0 Å². The highest BCUT2D eigenvalue weighted by Crippen LogP contribution is 2.11. The van der Waals surface area contributed by atoms with Crippen LogP contribution < -0.4 is 11.1 Å². The summed E-state index contributed by atoms with van der Waals surface area (Å²) in [6, 6.07) is 3.76. The third-order valence-corrected chi connectivity index (χ3v) is 2.14. The van der Waals surface area contributed by atoms with Crippen molar-refractivity contribution in [1.29, 1.82) is 0 Å². The molecule has 0 spiro atoms. The molecule has 0 saturated carbocycles. The Balaban J connectivity index is 2.68. The molecule has 0 bridgehead atoms. The summed E-state index contributed by atoms with van der Waals surface area (Å²) in [7, 11) is 3.14. The van der Waals surface area contributed by atoms with Crippen molar-refractivity contribution in [2.75, 3.05) is 26.4 Å². The number of nitrogens with one attached hydrogen (secondary N) is 1. The number of benzene rings is 1. The SMILES string of the molecule is CN(C)C(=O)CNC(=O)c1ccc(N)cc1F. The van der Waals surface area contributed by atoms with Gasteiger partial charge in [-0.15, -0.1) is 0 Å². The summed E-state index contributed by atoms with van der Waals surface area (Å²) in [5.74, 6) is -1.62. The fourth-order valence-corrected chi connectivity index (χ4v) is 1.12. The first-order chi connectivity index (χ1) is 7.91. The van der Waals surface area contributed by atoms with E-state index >= 15 is 0 Å². The van der Waals surface area contributed by atoms with Gasteiger partial charge in [-0.3, -0.25) is 9.59 Å². The molecule has 0 unspecified atom stereocenters. The molecule has 1 aromatic carbocycles. The molecule has 3 N–H and O–H groups in total. The van der Waals surface area contributed by atoms with E-state index in [9.17, 15) is 14.0 Å². The molecular weight excluding hydrogens is 225 g/mol. The Labute approximate surface area is 98.4 Å². The van der Waals surface area contributed by atoms with Crippen molar-refractivity contribution in [3.8, 4) is 0 Å². The van der Waals surface area contributed by atoms with Crippen molar-refractivity contribution in [2.24, 2.45) is 0 Å². The van der Waals surface area contributed by atoms with Crippen LogP contribution in [0.2, 0.25) is 0 Å². The van der Waals surface area contributed by atoms with Crippen molar-refractivity contribution < 1.29 is 14.0 Å².